The lowest BCUT2D eigenvalue weighted by Crippen LogP contribution is -2.36. The number of carbonyl (C=O) groups is 4. The van der Waals surface area contributed by atoms with Crippen molar-refractivity contribution in [2.75, 3.05) is 32.6 Å². The summed E-state index contributed by atoms with van der Waals surface area (Å²) in [6.45, 7) is 2.62. The van der Waals surface area contributed by atoms with Gasteiger partial charge in [0, 0.05) is 41.6 Å². The SMILES string of the molecule is COC(=O)Cc1cc(-c2nc(C)no2)ccc1OCC(=O)NCCCCCNC(=O)CCCC[C@@H]1SCC2NC(=O)NC21. The number of esters is 1. The number of aryl methyl sites for hydroxylation is 1. The molecule has 2 aliphatic heterocycles. The molecular weight excluding hydrogens is 576 g/mol. The Balaban J connectivity index is 1.04. The molecule has 2 unspecified atom stereocenters. The molecule has 43 heavy (non-hydrogen) atoms. The molecule has 0 saturated carbocycles. The van der Waals surface area contributed by atoms with Crippen LogP contribution in [0.2, 0.25) is 0 Å². The van der Waals surface area contributed by atoms with Gasteiger partial charge in [-0.3, -0.25) is 14.4 Å². The fourth-order valence-electron chi connectivity index (χ4n) is 5.07. The molecule has 4 amide bonds. The summed E-state index contributed by atoms with van der Waals surface area (Å²) in [4.78, 5) is 52.0. The third kappa shape index (κ3) is 9.87. The van der Waals surface area contributed by atoms with Crippen LogP contribution in [0.25, 0.3) is 11.5 Å². The molecule has 0 spiro atoms. The van der Waals surface area contributed by atoms with Crippen LogP contribution in [0, 0.1) is 6.92 Å². The van der Waals surface area contributed by atoms with Crippen molar-refractivity contribution in [2.45, 2.75) is 75.6 Å². The predicted molar refractivity (Wildman–Crippen MR) is 160 cm³/mol. The molecule has 4 N–H and O–H groups in total. The fraction of sp³-hybridized carbons (Fsp3) is 0.586. The molecule has 13 nitrogen and oxygen atoms in total. The molecular formula is C29H40N6O7S. The van der Waals surface area contributed by atoms with E-state index in [2.05, 4.69) is 31.4 Å². The normalized spacial score (nSPS) is 18.8. The minimum absolute atomic E-state index is 0.0375. The maximum Gasteiger partial charge on any atom is 0.315 e. The van der Waals surface area contributed by atoms with Gasteiger partial charge in [-0.1, -0.05) is 11.6 Å². The minimum atomic E-state index is -0.444. The Hall–Kier alpha value is -3.81. The molecule has 3 heterocycles. The van der Waals surface area contributed by atoms with Gasteiger partial charge < -0.3 is 35.3 Å². The fourth-order valence-corrected chi connectivity index (χ4v) is 6.62. The van der Waals surface area contributed by atoms with Crippen LogP contribution in [0.5, 0.6) is 5.75 Å². The second kappa shape index (κ2) is 16.1. The number of carbonyl (C=O) groups excluding carboxylic acids is 4. The van der Waals surface area contributed by atoms with Crippen LogP contribution in [0.4, 0.5) is 4.79 Å². The highest BCUT2D eigenvalue weighted by Gasteiger charge is 2.42. The number of fused-ring (bicyclic) bond motifs is 1. The van der Waals surface area contributed by atoms with Gasteiger partial charge in [-0.05, 0) is 57.2 Å². The van der Waals surface area contributed by atoms with E-state index in [-0.39, 0.29) is 43.0 Å². The molecule has 1 aromatic carbocycles. The van der Waals surface area contributed by atoms with E-state index in [0.29, 0.717) is 53.4 Å². The molecule has 2 saturated heterocycles. The first kappa shape index (κ1) is 32.1. The maximum atomic E-state index is 12.3. The van der Waals surface area contributed by atoms with Gasteiger partial charge >= 0.3 is 12.0 Å². The van der Waals surface area contributed by atoms with Gasteiger partial charge in [0.25, 0.3) is 11.8 Å². The molecule has 0 aliphatic carbocycles. The van der Waals surface area contributed by atoms with Crippen molar-refractivity contribution in [3.63, 3.8) is 0 Å². The van der Waals surface area contributed by atoms with E-state index in [0.717, 1.165) is 44.3 Å². The monoisotopic (exact) mass is 616 g/mol. The van der Waals surface area contributed by atoms with Crippen LogP contribution in [0.3, 0.4) is 0 Å². The third-order valence-corrected chi connectivity index (χ3v) is 8.84. The Labute approximate surface area is 255 Å². The first-order valence-electron chi connectivity index (χ1n) is 14.7. The number of hydrogen-bond donors (Lipinski definition) is 4. The highest BCUT2D eigenvalue weighted by Crippen LogP contribution is 2.33. The smallest absolute Gasteiger partial charge is 0.315 e. The number of ether oxygens (including phenoxy) is 2. The van der Waals surface area contributed by atoms with Gasteiger partial charge in [-0.15, -0.1) is 0 Å². The Bertz CT molecular complexity index is 1270. The average molecular weight is 617 g/mol. The van der Waals surface area contributed by atoms with Crippen molar-refractivity contribution in [1.29, 1.82) is 0 Å². The van der Waals surface area contributed by atoms with Gasteiger partial charge in [0.05, 0.1) is 25.6 Å². The van der Waals surface area contributed by atoms with E-state index in [1.807, 2.05) is 11.8 Å². The van der Waals surface area contributed by atoms with Gasteiger partial charge in [0.1, 0.15) is 5.75 Å². The van der Waals surface area contributed by atoms with E-state index >= 15 is 0 Å². The Morgan fingerprint density at radius 2 is 1.86 bits per heavy atom. The van der Waals surface area contributed by atoms with Crippen molar-refractivity contribution >= 4 is 35.6 Å². The zero-order valence-electron chi connectivity index (χ0n) is 24.6. The lowest BCUT2D eigenvalue weighted by molar-refractivity contribution is -0.139. The van der Waals surface area contributed by atoms with E-state index in [1.54, 1.807) is 25.1 Å². The van der Waals surface area contributed by atoms with E-state index in [9.17, 15) is 19.2 Å². The first-order chi connectivity index (χ1) is 20.8. The third-order valence-electron chi connectivity index (χ3n) is 7.33. The molecule has 2 aromatic rings. The van der Waals surface area contributed by atoms with Crippen LogP contribution in [0.1, 0.15) is 56.3 Å². The minimum Gasteiger partial charge on any atom is -0.483 e. The zero-order valence-corrected chi connectivity index (χ0v) is 25.4. The number of thioether (sulfide) groups is 1. The first-order valence-corrected chi connectivity index (χ1v) is 15.7. The second-order valence-corrected chi connectivity index (χ2v) is 11.9. The van der Waals surface area contributed by atoms with Crippen molar-refractivity contribution in [3.05, 3.63) is 29.6 Å². The topological polar surface area (TPSA) is 174 Å². The molecule has 4 rings (SSSR count). The second-order valence-electron chi connectivity index (χ2n) is 10.6. The summed E-state index contributed by atoms with van der Waals surface area (Å²) in [5.74, 6) is 1.49. The van der Waals surface area contributed by atoms with Crippen molar-refractivity contribution < 1.29 is 33.2 Å². The van der Waals surface area contributed by atoms with Crippen LogP contribution in [-0.4, -0.2) is 83.8 Å². The largest absolute Gasteiger partial charge is 0.483 e. The van der Waals surface area contributed by atoms with Crippen LogP contribution >= 0.6 is 11.8 Å². The zero-order chi connectivity index (χ0) is 30.6. The van der Waals surface area contributed by atoms with Gasteiger partial charge in [0.15, 0.2) is 12.4 Å². The van der Waals surface area contributed by atoms with Gasteiger partial charge in [-0.25, -0.2) is 4.79 Å². The Morgan fingerprint density at radius 3 is 2.60 bits per heavy atom. The van der Waals surface area contributed by atoms with Crippen LogP contribution in [0.15, 0.2) is 22.7 Å². The summed E-state index contributed by atoms with van der Waals surface area (Å²) >= 11 is 1.89. The van der Waals surface area contributed by atoms with Crippen LogP contribution in [-0.2, 0) is 25.5 Å². The number of aromatic nitrogens is 2. The molecule has 2 fully saturated rings. The molecule has 1 aromatic heterocycles. The standard InChI is InChI=1S/C29H40N6O7S/c1-18-32-28(42-35-18)19-10-11-22(20(14-19)15-26(38)40-2)41-16-25(37)31-13-7-3-6-12-30-24(36)9-5-4-8-23-27-21(17-43-23)33-29(39)34-27/h10-11,14,21,23,27H,3-9,12-13,15-17H2,1-2H3,(H,30,36)(H,31,37)(H2,33,34,39)/t21?,23-,27?/m0/s1. The maximum absolute atomic E-state index is 12.3. The van der Waals surface area contributed by atoms with E-state index in [4.69, 9.17) is 14.0 Å². The number of benzene rings is 1. The van der Waals surface area contributed by atoms with E-state index in [1.165, 1.54) is 7.11 Å². The predicted octanol–water partition coefficient (Wildman–Crippen LogP) is 2.27. The summed E-state index contributed by atoms with van der Waals surface area (Å²) in [7, 11) is 1.31. The summed E-state index contributed by atoms with van der Waals surface area (Å²) in [5, 5.41) is 15.9. The van der Waals surface area contributed by atoms with Crippen molar-refractivity contribution in [1.82, 2.24) is 31.4 Å². The highest BCUT2D eigenvalue weighted by atomic mass is 32.2. The lowest BCUT2D eigenvalue weighted by atomic mass is 10.0. The Kier molecular flexibility index (Phi) is 12.1. The number of nitrogens with one attached hydrogen (secondary N) is 4. The highest BCUT2D eigenvalue weighted by molar-refractivity contribution is 8.00. The number of rotatable bonds is 17. The molecule has 3 atom stereocenters. The summed E-state index contributed by atoms with van der Waals surface area (Å²) in [6.07, 6.45) is 5.74. The van der Waals surface area contributed by atoms with Crippen molar-refractivity contribution in [2.24, 2.45) is 0 Å². The number of urea groups is 1. The van der Waals surface area contributed by atoms with Gasteiger partial charge in [0.2, 0.25) is 5.91 Å². The number of unbranched alkanes of at least 4 members (excludes halogenated alkanes) is 3. The van der Waals surface area contributed by atoms with Crippen LogP contribution < -0.4 is 26.0 Å². The van der Waals surface area contributed by atoms with Gasteiger partial charge in [-0.2, -0.15) is 16.7 Å². The summed E-state index contributed by atoms with van der Waals surface area (Å²) < 4.78 is 15.7. The Morgan fingerprint density at radius 1 is 1.07 bits per heavy atom. The van der Waals surface area contributed by atoms with E-state index < -0.39 is 5.97 Å². The molecule has 234 valence electrons. The molecule has 14 heteroatoms. The van der Waals surface area contributed by atoms with Crippen molar-refractivity contribution in [3.8, 4) is 17.2 Å². The molecule has 0 radical (unpaired) electrons. The quantitative estimate of drug-likeness (QED) is 0.117. The summed E-state index contributed by atoms with van der Waals surface area (Å²) in [5.41, 5.74) is 1.17. The number of nitrogens with zero attached hydrogens (tertiary/aromatic N) is 2. The number of methoxy groups -OCH3 is 1. The number of hydrogen-bond acceptors (Lipinski definition) is 10. The average Bonchev–Trinajstić information content (AvgIpc) is 3.69. The molecule has 0 bridgehead atoms. The molecule has 2 aliphatic rings. The number of amides is 4. The summed E-state index contributed by atoms with van der Waals surface area (Å²) in [6, 6.07) is 5.46. The lowest BCUT2D eigenvalue weighted by Gasteiger charge is -2.16.